The fourth-order valence-corrected chi connectivity index (χ4v) is 1.47. The normalized spacial score (nSPS) is 16.7. The second-order valence-electron chi connectivity index (χ2n) is 3.30. The van der Waals surface area contributed by atoms with Crippen LogP contribution in [0.15, 0.2) is 16.7 Å². The minimum Gasteiger partial charge on any atom is -0.422 e. The number of hydrogen-bond donors (Lipinski definition) is 0. The minimum absolute atomic E-state index is 0.521. The molecule has 1 fully saturated rings. The fourth-order valence-electron chi connectivity index (χ4n) is 1.32. The molecule has 1 saturated carbocycles. The molecule has 0 aliphatic heterocycles. The lowest BCUT2D eigenvalue weighted by molar-refractivity contribution is 0.525. The zero-order chi connectivity index (χ0) is 8.84. The molecule has 0 aromatic carbocycles. The van der Waals surface area contributed by atoms with E-state index in [0.29, 0.717) is 16.7 Å². The van der Waals surface area contributed by atoms with Gasteiger partial charge in [0, 0.05) is 12.1 Å². The predicted octanol–water partition coefficient (Wildman–Crippen LogP) is 2.75. The number of hydrogen-bond acceptors (Lipinski definition) is 3. The van der Waals surface area contributed by atoms with Crippen molar-refractivity contribution in [1.82, 2.24) is 9.97 Å². The van der Waals surface area contributed by atoms with Gasteiger partial charge in [-0.1, -0.05) is 11.6 Å². The summed E-state index contributed by atoms with van der Waals surface area (Å²) in [6, 6.07) is 1.78. The standard InChI is InChI=1S/C9H7ClN2O/c10-6-3-7-9(11-4-6)13-8(12-7)5-1-2-5/h3-5H,1-2H2. The molecule has 0 spiro atoms. The molecule has 13 heavy (non-hydrogen) atoms. The molecule has 0 atom stereocenters. The topological polar surface area (TPSA) is 38.9 Å². The third-order valence-corrected chi connectivity index (χ3v) is 2.36. The van der Waals surface area contributed by atoms with Gasteiger partial charge in [0.25, 0.3) is 0 Å². The van der Waals surface area contributed by atoms with E-state index in [4.69, 9.17) is 16.0 Å². The number of rotatable bonds is 1. The Morgan fingerprint density at radius 2 is 2.31 bits per heavy atom. The maximum absolute atomic E-state index is 5.78. The smallest absolute Gasteiger partial charge is 0.247 e. The molecule has 2 aromatic heterocycles. The van der Waals surface area contributed by atoms with Crippen LogP contribution < -0.4 is 0 Å². The first kappa shape index (κ1) is 7.33. The molecule has 0 bridgehead atoms. The van der Waals surface area contributed by atoms with Crippen LogP contribution in [0.5, 0.6) is 0 Å². The van der Waals surface area contributed by atoms with Gasteiger partial charge in [-0.2, -0.15) is 0 Å². The summed E-state index contributed by atoms with van der Waals surface area (Å²) >= 11 is 5.78. The Bertz CT molecular complexity index is 462. The number of nitrogens with zero attached hydrogens (tertiary/aromatic N) is 2. The Morgan fingerprint density at radius 3 is 3.08 bits per heavy atom. The van der Waals surface area contributed by atoms with Gasteiger partial charge in [-0.25, -0.2) is 9.97 Å². The third-order valence-electron chi connectivity index (χ3n) is 2.16. The molecular formula is C9H7ClN2O. The van der Waals surface area contributed by atoms with E-state index in [2.05, 4.69) is 9.97 Å². The molecular weight excluding hydrogens is 188 g/mol. The Morgan fingerprint density at radius 1 is 1.46 bits per heavy atom. The van der Waals surface area contributed by atoms with Gasteiger partial charge in [-0.3, -0.25) is 0 Å². The second-order valence-corrected chi connectivity index (χ2v) is 3.74. The first-order valence-electron chi connectivity index (χ1n) is 4.25. The van der Waals surface area contributed by atoms with Gasteiger partial charge < -0.3 is 4.42 Å². The number of pyridine rings is 1. The summed E-state index contributed by atoms with van der Waals surface area (Å²) in [6.45, 7) is 0. The largest absolute Gasteiger partial charge is 0.422 e. The number of fused-ring (bicyclic) bond motifs is 1. The third kappa shape index (κ3) is 1.20. The van der Waals surface area contributed by atoms with Crippen molar-refractivity contribution in [3.63, 3.8) is 0 Å². The van der Waals surface area contributed by atoms with Crippen molar-refractivity contribution in [2.75, 3.05) is 0 Å². The maximum Gasteiger partial charge on any atom is 0.247 e. The summed E-state index contributed by atoms with van der Waals surface area (Å²) in [5.41, 5.74) is 1.35. The first-order chi connectivity index (χ1) is 6.33. The van der Waals surface area contributed by atoms with Crippen LogP contribution in [-0.2, 0) is 0 Å². The Labute approximate surface area is 79.7 Å². The Kier molecular flexibility index (Phi) is 1.38. The zero-order valence-electron chi connectivity index (χ0n) is 6.83. The maximum atomic E-state index is 5.78. The summed E-state index contributed by atoms with van der Waals surface area (Å²) in [7, 11) is 0. The molecule has 1 aliphatic rings. The van der Waals surface area contributed by atoms with E-state index >= 15 is 0 Å². The molecule has 1 aliphatic carbocycles. The van der Waals surface area contributed by atoms with Crippen LogP contribution in [0.1, 0.15) is 24.7 Å². The van der Waals surface area contributed by atoms with E-state index < -0.39 is 0 Å². The van der Waals surface area contributed by atoms with Gasteiger partial charge in [-0.15, -0.1) is 0 Å². The van der Waals surface area contributed by atoms with Crippen molar-refractivity contribution < 1.29 is 4.42 Å². The molecule has 4 heteroatoms. The highest BCUT2D eigenvalue weighted by atomic mass is 35.5. The second kappa shape index (κ2) is 2.45. The summed E-state index contributed by atoms with van der Waals surface area (Å²) in [6.07, 6.45) is 3.94. The van der Waals surface area contributed by atoms with E-state index in [0.717, 1.165) is 11.4 Å². The Balaban J connectivity index is 2.20. The van der Waals surface area contributed by atoms with Crippen LogP contribution in [0.25, 0.3) is 11.2 Å². The van der Waals surface area contributed by atoms with Gasteiger partial charge in [0.15, 0.2) is 0 Å². The molecule has 3 rings (SSSR count). The lowest BCUT2D eigenvalue weighted by Gasteiger charge is -1.84. The Hall–Kier alpha value is -1.09. The fraction of sp³-hybridized carbons (Fsp3) is 0.333. The highest BCUT2D eigenvalue weighted by Gasteiger charge is 2.29. The number of aromatic nitrogens is 2. The van der Waals surface area contributed by atoms with Crippen molar-refractivity contribution in [2.24, 2.45) is 0 Å². The average Bonchev–Trinajstić information content (AvgIpc) is 2.87. The summed E-state index contributed by atoms with van der Waals surface area (Å²) < 4.78 is 5.47. The molecule has 0 radical (unpaired) electrons. The van der Waals surface area contributed by atoms with Crippen LogP contribution in [0.4, 0.5) is 0 Å². The van der Waals surface area contributed by atoms with Gasteiger partial charge in [0.1, 0.15) is 5.52 Å². The summed E-state index contributed by atoms with van der Waals surface area (Å²) in [5.74, 6) is 1.33. The lowest BCUT2D eigenvalue weighted by atomic mass is 10.4. The SMILES string of the molecule is Clc1cnc2oc(C3CC3)nc2c1. The van der Waals surface area contributed by atoms with Crippen LogP contribution in [-0.4, -0.2) is 9.97 Å². The van der Waals surface area contributed by atoms with Gasteiger partial charge in [0.2, 0.25) is 11.6 Å². The molecule has 0 N–H and O–H groups in total. The predicted molar refractivity (Wildman–Crippen MR) is 48.8 cm³/mol. The molecule has 3 nitrogen and oxygen atoms in total. The quantitative estimate of drug-likeness (QED) is 0.701. The van der Waals surface area contributed by atoms with Crippen LogP contribution >= 0.6 is 11.6 Å². The van der Waals surface area contributed by atoms with E-state index in [9.17, 15) is 0 Å². The van der Waals surface area contributed by atoms with Gasteiger partial charge >= 0.3 is 0 Å². The minimum atomic E-state index is 0.521. The molecule has 0 unspecified atom stereocenters. The molecule has 0 saturated heterocycles. The first-order valence-corrected chi connectivity index (χ1v) is 4.63. The highest BCUT2D eigenvalue weighted by molar-refractivity contribution is 6.30. The lowest BCUT2D eigenvalue weighted by Crippen LogP contribution is -1.75. The van der Waals surface area contributed by atoms with E-state index in [1.165, 1.54) is 12.8 Å². The van der Waals surface area contributed by atoms with Crippen LogP contribution in [0, 0.1) is 0 Å². The molecule has 2 heterocycles. The van der Waals surface area contributed by atoms with E-state index in [-0.39, 0.29) is 0 Å². The molecule has 0 amide bonds. The summed E-state index contributed by atoms with van der Waals surface area (Å²) in [4.78, 5) is 8.37. The number of oxazole rings is 1. The van der Waals surface area contributed by atoms with Crippen molar-refractivity contribution in [3.05, 3.63) is 23.2 Å². The number of halogens is 1. The van der Waals surface area contributed by atoms with Crippen molar-refractivity contribution in [2.45, 2.75) is 18.8 Å². The van der Waals surface area contributed by atoms with Crippen LogP contribution in [0.3, 0.4) is 0 Å². The summed E-state index contributed by atoms with van der Waals surface area (Å²) in [5, 5.41) is 0.600. The van der Waals surface area contributed by atoms with Gasteiger partial charge in [-0.05, 0) is 18.9 Å². The van der Waals surface area contributed by atoms with Crippen LogP contribution in [0.2, 0.25) is 5.02 Å². The zero-order valence-corrected chi connectivity index (χ0v) is 7.58. The van der Waals surface area contributed by atoms with E-state index in [1.807, 2.05) is 0 Å². The van der Waals surface area contributed by atoms with Crippen molar-refractivity contribution in [1.29, 1.82) is 0 Å². The average molecular weight is 195 g/mol. The monoisotopic (exact) mass is 194 g/mol. The van der Waals surface area contributed by atoms with Crippen molar-refractivity contribution in [3.8, 4) is 0 Å². The van der Waals surface area contributed by atoms with Crippen molar-refractivity contribution >= 4 is 22.8 Å². The molecule has 2 aromatic rings. The highest BCUT2D eigenvalue weighted by Crippen LogP contribution is 2.40. The van der Waals surface area contributed by atoms with E-state index in [1.54, 1.807) is 12.3 Å². The molecule has 66 valence electrons. The van der Waals surface area contributed by atoms with Gasteiger partial charge in [0.05, 0.1) is 5.02 Å².